The Bertz CT molecular complexity index is 1210. The first-order valence-corrected chi connectivity index (χ1v) is 13.8. The van der Waals surface area contributed by atoms with Crippen molar-refractivity contribution < 1.29 is 23.9 Å². The summed E-state index contributed by atoms with van der Waals surface area (Å²) in [5.41, 5.74) is 2.05. The van der Waals surface area contributed by atoms with E-state index in [2.05, 4.69) is 28.9 Å². The van der Waals surface area contributed by atoms with E-state index in [0.29, 0.717) is 5.56 Å². The summed E-state index contributed by atoms with van der Waals surface area (Å²) < 4.78 is 5.92. The smallest absolute Gasteiger partial charge is 0.329 e. The zero-order valence-electron chi connectivity index (χ0n) is 23.3. The van der Waals surface area contributed by atoms with Gasteiger partial charge in [0.25, 0.3) is 0 Å². The number of esters is 1. The van der Waals surface area contributed by atoms with Crippen molar-refractivity contribution in [3.05, 3.63) is 71.3 Å². The molecule has 3 N–H and O–H groups in total. The normalized spacial score (nSPS) is 23.1. The fourth-order valence-corrected chi connectivity index (χ4v) is 4.62. The van der Waals surface area contributed by atoms with Gasteiger partial charge in [-0.2, -0.15) is 5.26 Å². The molecule has 0 radical (unpaired) electrons. The molecule has 1 saturated heterocycles. The Morgan fingerprint density at radius 3 is 2.20 bits per heavy atom. The number of amides is 3. The Kier molecular flexibility index (Phi) is 11.2. The number of carbonyl (C=O) groups is 4. The van der Waals surface area contributed by atoms with Crippen LogP contribution < -0.4 is 16.0 Å². The van der Waals surface area contributed by atoms with Crippen LogP contribution in [0.5, 0.6) is 0 Å². The van der Waals surface area contributed by atoms with Crippen molar-refractivity contribution in [3.63, 3.8) is 0 Å². The molecule has 212 valence electrons. The van der Waals surface area contributed by atoms with Gasteiger partial charge in [0.15, 0.2) is 0 Å². The monoisotopic (exact) mass is 546 g/mol. The van der Waals surface area contributed by atoms with Gasteiger partial charge >= 0.3 is 5.97 Å². The van der Waals surface area contributed by atoms with Crippen LogP contribution in [0.15, 0.2) is 54.6 Å². The molecule has 1 aliphatic rings. The Morgan fingerprint density at radius 2 is 1.55 bits per heavy atom. The summed E-state index contributed by atoms with van der Waals surface area (Å²) in [7, 11) is 0. The fraction of sp³-hybridized carbons (Fsp3) is 0.452. The Balaban J connectivity index is 1.90. The highest BCUT2D eigenvalue weighted by atomic mass is 16.5. The molecule has 1 aliphatic heterocycles. The van der Waals surface area contributed by atoms with Crippen molar-refractivity contribution in [1.82, 2.24) is 16.0 Å². The maximum atomic E-state index is 13.4. The highest BCUT2D eigenvalue weighted by Gasteiger charge is 2.33. The van der Waals surface area contributed by atoms with E-state index in [1.165, 1.54) is 6.92 Å². The van der Waals surface area contributed by atoms with Gasteiger partial charge in [-0.3, -0.25) is 14.4 Å². The van der Waals surface area contributed by atoms with E-state index >= 15 is 0 Å². The van der Waals surface area contributed by atoms with Crippen LogP contribution in [0.3, 0.4) is 0 Å². The van der Waals surface area contributed by atoms with Gasteiger partial charge < -0.3 is 20.7 Å². The van der Waals surface area contributed by atoms with Crippen LogP contribution in [-0.4, -0.2) is 47.9 Å². The third-order valence-corrected chi connectivity index (χ3v) is 7.11. The predicted octanol–water partition coefficient (Wildman–Crippen LogP) is 2.96. The number of hydrogen-bond donors (Lipinski definition) is 3. The quantitative estimate of drug-likeness (QED) is 0.436. The number of carbonyl (C=O) groups excluding carboxylic acids is 4. The first-order valence-electron chi connectivity index (χ1n) is 13.8. The molecule has 0 bridgehead atoms. The van der Waals surface area contributed by atoms with Crippen LogP contribution in [0.2, 0.25) is 0 Å². The van der Waals surface area contributed by atoms with Crippen molar-refractivity contribution in [2.75, 3.05) is 0 Å². The van der Waals surface area contributed by atoms with E-state index in [1.807, 2.05) is 37.3 Å². The lowest BCUT2D eigenvalue weighted by molar-refractivity contribution is -0.157. The molecule has 0 aromatic heterocycles. The highest BCUT2D eigenvalue weighted by Crippen LogP contribution is 2.20. The third kappa shape index (κ3) is 8.94. The molecular weight excluding hydrogens is 508 g/mol. The van der Waals surface area contributed by atoms with Gasteiger partial charge in [-0.15, -0.1) is 0 Å². The summed E-state index contributed by atoms with van der Waals surface area (Å²) in [6.45, 7) is 5.52. The molecule has 40 heavy (non-hydrogen) atoms. The van der Waals surface area contributed by atoms with Crippen LogP contribution in [-0.2, 0) is 36.8 Å². The molecule has 2 aromatic carbocycles. The summed E-state index contributed by atoms with van der Waals surface area (Å²) in [6, 6.07) is 15.1. The molecule has 0 aliphatic carbocycles. The van der Waals surface area contributed by atoms with Gasteiger partial charge in [0, 0.05) is 12.8 Å². The second-order valence-corrected chi connectivity index (χ2v) is 10.4. The molecule has 3 amide bonds. The van der Waals surface area contributed by atoms with E-state index in [1.54, 1.807) is 24.3 Å². The lowest BCUT2D eigenvalue weighted by Crippen LogP contribution is -2.55. The zero-order valence-corrected chi connectivity index (χ0v) is 23.3. The van der Waals surface area contributed by atoms with Crippen LogP contribution >= 0.6 is 0 Å². The standard InChI is InChI=1S/C31H38N4O5/c1-4-5-9-20(2)27-18-28(36)34-25(16-23-12-14-24(19-32)15-13-23)30(38)33-21(3)29(37)35-26(31(39)40-27)17-22-10-7-6-8-11-22/h6-8,10-15,20-21,25-27H,4-5,9,16-18H2,1-3H3,(H,33,38)(H,34,36)(H,35,37)/t20-,21-,25-,26+,27+/m0/s1. The molecule has 3 rings (SSSR count). The van der Waals surface area contributed by atoms with Crippen molar-refractivity contribution in [2.45, 2.75) is 83.5 Å². The lowest BCUT2D eigenvalue weighted by atomic mass is 9.95. The molecule has 9 nitrogen and oxygen atoms in total. The van der Waals surface area contributed by atoms with Crippen LogP contribution in [0.25, 0.3) is 0 Å². The molecular formula is C31H38N4O5. The summed E-state index contributed by atoms with van der Waals surface area (Å²) >= 11 is 0. The highest BCUT2D eigenvalue weighted by molar-refractivity contribution is 5.94. The number of unbranched alkanes of at least 4 members (excludes halogenated alkanes) is 1. The van der Waals surface area contributed by atoms with Crippen LogP contribution in [0, 0.1) is 17.2 Å². The largest absolute Gasteiger partial charge is 0.460 e. The minimum atomic E-state index is -0.992. The number of rotatable bonds is 8. The van der Waals surface area contributed by atoms with E-state index in [-0.39, 0.29) is 25.2 Å². The van der Waals surface area contributed by atoms with Gasteiger partial charge in [0.05, 0.1) is 18.1 Å². The Labute approximate surface area is 235 Å². The second kappa shape index (κ2) is 14.8. The second-order valence-electron chi connectivity index (χ2n) is 10.4. The third-order valence-electron chi connectivity index (χ3n) is 7.11. The zero-order chi connectivity index (χ0) is 29.1. The topological polar surface area (TPSA) is 137 Å². The molecule has 2 aromatic rings. The summed E-state index contributed by atoms with van der Waals surface area (Å²) in [4.78, 5) is 53.0. The number of nitrogens with one attached hydrogen (secondary N) is 3. The van der Waals surface area contributed by atoms with Gasteiger partial charge in [0.1, 0.15) is 24.2 Å². The SMILES string of the molecule is CCCC[C@H](C)[C@H]1CC(=O)N[C@@H](Cc2ccc(C#N)cc2)C(=O)N[C@@H](C)C(=O)N[C@H](Cc2ccccc2)C(=O)O1. The number of nitrogens with zero attached hydrogens (tertiary/aromatic N) is 1. The summed E-state index contributed by atoms with van der Waals surface area (Å²) in [5, 5.41) is 17.3. The molecule has 0 unspecified atom stereocenters. The Morgan fingerprint density at radius 1 is 0.900 bits per heavy atom. The lowest BCUT2D eigenvalue weighted by Gasteiger charge is -2.27. The first kappa shape index (κ1) is 30.4. The van der Waals surface area contributed by atoms with Crippen molar-refractivity contribution in [1.29, 1.82) is 5.26 Å². The number of nitriles is 1. The number of ether oxygens (including phenoxy) is 1. The average molecular weight is 547 g/mol. The first-order chi connectivity index (χ1) is 19.2. The number of hydrogen-bond acceptors (Lipinski definition) is 6. The van der Waals surface area contributed by atoms with E-state index in [9.17, 15) is 19.2 Å². The maximum Gasteiger partial charge on any atom is 0.329 e. The molecule has 1 heterocycles. The van der Waals surface area contributed by atoms with Gasteiger partial charge in [0.2, 0.25) is 17.7 Å². The van der Waals surface area contributed by atoms with Gasteiger partial charge in [-0.1, -0.05) is 69.2 Å². The minimum absolute atomic E-state index is 0.113. The van der Waals surface area contributed by atoms with Crippen LogP contribution in [0.4, 0.5) is 0 Å². The molecule has 0 spiro atoms. The minimum Gasteiger partial charge on any atom is -0.460 e. The maximum absolute atomic E-state index is 13.4. The molecule has 1 fully saturated rings. The van der Waals surface area contributed by atoms with E-state index in [4.69, 9.17) is 10.00 Å². The average Bonchev–Trinajstić information content (AvgIpc) is 2.95. The van der Waals surface area contributed by atoms with Gasteiger partial charge in [-0.05, 0) is 42.5 Å². The molecule has 0 saturated carbocycles. The Hall–Kier alpha value is -4.19. The number of cyclic esters (lactones) is 1. The summed E-state index contributed by atoms with van der Waals surface area (Å²) in [6.07, 6.45) is 2.13. The van der Waals surface area contributed by atoms with E-state index < -0.39 is 47.9 Å². The van der Waals surface area contributed by atoms with Crippen molar-refractivity contribution in [3.8, 4) is 6.07 Å². The summed E-state index contributed by atoms with van der Waals surface area (Å²) in [5.74, 6) is -2.23. The molecule has 9 heteroatoms. The number of benzene rings is 2. The molecule has 5 atom stereocenters. The van der Waals surface area contributed by atoms with Gasteiger partial charge in [-0.25, -0.2) is 4.79 Å². The predicted molar refractivity (Wildman–Crippen MR) is 150 cm³/mol. The van der Waals surface area contributed by atoms with Crippen LogP contribution in [0.1, 0.15) is 63.1 Å². The fourth-order valence-electron chi connectivity index (χ4n) is 4.62. The van der Waals surface area contributed by atoms with Crippen molar-refractivity contribution in [2.24, 2.45) is 5.92 Å². The van der Waals surface area contributed by atoms with E-state index in [0.717, 1.165) is 30.4 Å². The van der Waals surface area contributed by atoms with Crippen molar-refractivity contribution >= 4 is 23.7 Å².